The lowest BCUT2D eigenvalue weighted by atomic mass is 10.1. The number of halogens is 2. The average molecular weight is 560 g/mol. The van der Waals surface area contributed by atoms with Gasteiger partial charge in [0, 0.05) is 41.4 Å². The highest BCUT2D eigenvalue weighted by molar-refractivity contribution is 6.30. The van der Waals surface area contributed by atoms with Crippen molar-refractivity contribution in [2.24, 2.45) is 0 Å². The van der Waals surface area contributed by atoms with Crippen LogP contribution in [0.1, 0.15) is 33.9 Å². The van der Waals surface area contributed by atoms with Crippen molar-refractivity contribution in [2.45, 2.75) is 32.1 Å². The highest BCUT2D eigenvalue weighted by Gasteiger charge is 2.23. The summed E-state index contributed by atoms with van der Waals surface area (Å²) in [5.74, 6) is 0.0445. The molecule has 1 unspecified atom stereocenters. The highest BCUT2D eigenvalue weighted by atomic mass is 35.5. The minimum absolute atomic E-state index is 0.00804. The molecule has 6 rings (SSSR count). The number of nitrogens with zero attached hydrogens (tertiary/aromatic N) is 5. The molecule has 1 aliphatic rings. The maximum Gasteiger partial charge on any atom is 0.354 e. The van der Waals surface area contributed by atoms with Crippen LogP contribution in [0.3, 0.4) is 0 Å². The topological polar surface area (TPSA) is 112 Å². The van der Waals surface area contributed by atoms with Crippen LogP contribution in [0.5, 0.6) is 5.88 Å². The summed E-state index contributed by atoms with van der Waals surface area (Å²) < 4.78 is 27.3. The summed E-state index contributed by atoms with van der Waals surface area (Å²) in [4.78, 5) is 29.4. The van der Waals surface area contributed by atoms with Gasteiger partial charge >= 0.3 is 5.97 Å². The third kappa shape index (κ3) is 5.49. The van der Waals surface area contributed by atoms with Crippen molar-refractivity contribution in [1.29, 1.82) is 0 Å². The number of hydrogen-bond donors (Lipinski definition) is 1. The number of hydrogen-bond acceptors (Lipinski definition) is 7. The smallest absolute Gasteiger partial charge is 0.354 e. The fourth-order valence-electron chi connectivity index (χ4n) is 4.43. The van der Waals surface area contributed by atoms with Crippen molar-refractivity contribution in [1.82, 2.24) is 24.5 Å². The second-order valence-electron chi connectivity index (χ2n) is 9.38. The van der Waals surface area contributed by atoms with E-state index >= 15 is 0 Å². The average Bonchev–Trinajstić information content (AvgIpc) is 3.26. The van der Waals surface area contributed by atoms with Crippen molar-refractivity contribution < 1.29 is 23.8 Å². The summed E-state index contributed by atoms with van der Waals surface area (Å²) in [5, 5.41) is 9.72. The Bertz CT molecular complexity index is 1710. The number of carbonyl (C=O) groups is 1. The van der Waals surface area contributed by atoms with Crippen LogP contribution in [0.2, 0.25) is 5.02 Å². The van der Waals surface area contributed by atoms with Crippen molar-refractivity contribution in [3.63, 3.8) is 0 Å². The molecule has 202 valence electrons. The van der Waals surface area contributed by atoms with E-state index in [-0.39, 0.29) is 18.4 Å². The molecule has 0 bridgehead atoms. The summed E-state index contributed by atoms with van der Waals surface area (Å²) in [5.41, 5.74) is 3.31. The molecule has 0 spiro atoms. The van der Waals surface area contributed by atoms with Crippen LogP contribution in [-0.2, 0) is 24.3 Å². The van der Waals surface area contributed by atoms with Crippen molar-refractivity contribution in [3.8, 4) is 17.3 Å². The quantitative estimate of drug-likeness (QED) is 0.258. The van der Waals surface area contributed by atoms with Gasteiger partial charge in [0.2, 0.25) is 5.88 Å². The molecular formula is C29H23ClFN5O4. The fourth-order valence-corrected chi connectivity index (χ4v) is 4.59. The summed E-state index contributed by atoms with van der Waals surface area (Å²) in [6, 6.07) is 17.0. The predicted octanol–water partition coefficient (Wildman–Crippen LogP) is 5.34. The third-order valence-corrected chi connectivity index (χ3v) is 6.90. The number of fused-ring (bicyclic) bond motifs is 1. The Morgan fingerprint density at radius 1 is 1.10 bits per heavy atom. The zero-order valence-corrected chi connectivity index (χ0v) is 21.9. The van der Waals surface area contributed by atoms with Gasteiger partial charge in [-0.15, -0.1) is 0 Å². The van der Waals surface area contributed by atoms with Crippen LogP contribution < -0.4 is 4.74 Å². The molecule has 1 N–H and O–H groups in total. The number of pyridine rings is 1. The number of aromatic nitrogens is 5. The number of imidazole rings is 1. The van der Waals surface area contributed by atoms with E-state index in [9.17, 15) is 14.3 Å². The molecule has 0 amide bonds. The Kier molecular flexibility index (Phi) is 7.10. The lowest BCUT2D eigenvalue weighted by Crippen LogP contribution is -2.32. The molecular weight excluding hydrogens is 537 g/mol. The van der Waals surface area contributed by atoms with Gasteiger partial charge in [-0.3, -0.25) is 0 Å². The summed E-state index contributed by atoms with van der Waals surface area (Å²) >= 11 is 5.82. The Morgan fingerprint density at radius 3 is 2.65 bits per heavy atom. The molecule has 9 nitrogen and oxygen atoms in total. The molecule has 11 heteroatoms. The first-order valence-electron chi connectivity index (χ1n) is 12.6. The van der Waals surface area contributed by atoms with Gasteiger partial charge in [0.15, 0.2) is 17.2 Å². The van der Waals surface area contributed by atoms with Gasteiger partial charge in [-0.25, -0.2) is 24.1 Å². The van der Waals surface area contributed by atoms with E-state index in [2.05, 4.69) is 15.0 Å². The molecule has 0 radical (unpaired) electrons. The number of rotatable bonds is 9. The molecule has 1 aliphatic heterocycles. The Morgan fingerprint density at radius 2 is 1.93 bits per heavy atom. The van der Waals surface area contributed by atoms with Gasteiger partial charge < -0.3 is 19.1 Å². The van der Waals surface area contributed by atoms with Crippen molar-refractivity contribution >= 4 is 28.7 Å². The van der Waals surface area contributed by atoms with Crippen LogP contribution in [0, 0.1) is 5.82 Å². The molecule has 1 saturated heterocycles. The van der Waals surface area contributed by atoms with Crippen LogP contribution in [0.4, 0.5) is 4.39 Å². The van der Waals surface area contributed by atoms with Gasteiger partial charge in [0.25, 0.3) is 0 Å². The van der Waals surface area contributed by atoms with Crippen LogP contribution in [-0.4, -0.2) is 48.3 Å². The molecule has 1 fully saturated rings. The standard InChI is InChI=1S/C29H23ClFN5O4/c30-20-6-5-19(22(31)14-20)16-40-26-9-11-32-27(35-26)18-3-1-17(2-4-18)13-25-33-23-7-8-24(29(37)38)34-28(23)36(25)15-21-10-12-39-21/h1-9,11,14,21H,10,12-13,15-16H2,(H,37,38). The van der Waals surface area contributed by atoms with Crippen LogP contribution >= 0.6 is 11.6 Å². The molecule has 40 heavy (non-hydrogen) atoms. The second-order valence-corrected chi connectivity index (χ2v) is 9.82. The summed E-state index contributed by atoms with van der Waals surface area (Å²) in [6.45, 7) is 1.28. The number of carboxylic acids is 1. The van der Waals surface area contributed by atoms with E-state index in [1.807, 2.05) is 28.8 Å². The maximum absolute atomic E-state index is 14.1. The van der Waals surface area contributed by atoms with E-state index in [1.165, 1.54) is 12.1 Å². The zero-order valence-electron chi connectivity index (χ0n) is 21.1. The summed E-state index contributed by atoms with van der Waals surface area (Å²) in [7, 11) is 0. The van der Waals surface area contributed by atoms with Gasteiger partial charge in [-0.05, 0) is 36.2 Å². The Balaban J connectivity index is 1.20. The first kappa shape index (κ1) is 25.8. The number of benzene rings is 2. The first-order chi connectivity index (χ1) is 19.4. The molecule has 0 saturated carbocycles. The van der Waals surface area contributed by atoms with E-state index < -0.39 is 11.8 Å². The van der Waals surface area contributed by atoms with Crippen molar-refractivity contribution in [3.05, 3.63) is 100 Å². The Labute approximate surface area is 233 Å². The van der Waals surface area contributed by atoms with Crippen LogP contribution in [0.15, 0.2) is 66.9 Å². The molecule has 3 aromatic heterocycles. The molecule has 1 atom stereocenters. The monoisotopic (exact) mass is 559 g/mol. The predicted molar refractivity (Wildman–Crippen MR) is 145 cm³/mol. The normalized spacial score (nSPS) is 14.7. The van der Waals surface area contributed by atoms with E-state index in [4.69, 9.17) is 26.1 Å². The molecule has 5 aromatic rings. The van der Waals surface area contributed by atoms with E-state index in [0.29, 0.717) is 53.0 Å². The minimum Gasteiger partial charge on any atom is -0.477 e. The first-order valence-corrected chi connectivity index (χ1v) is 13.0. The number of ether oxygens (including phenoxy) is 2. The minimum atomic E-state index is -1.08. The zero-order chi connectivity index (χ0) is 27.6. The lowest BCUT2D eigenvalue weighted by molar-refractivity contribution is -0.0590. The van der Waals surface area contributed by atoms with E-state index in [0.717, 1.165) is 23.4 Å². The lowest BCUT2D eigenvalue weighted by Gasteiger charge is -2.27. The SMILES string of the molecule is O=C(O)c1ccc2nc(Cc3ccc(-c4nccc(OCc5ccc(Cl)cc5F)n4)cc3)n(CC3CCO3)c2n1. The molecule has 2 aromatic carbocycles. The van der Waals surface area contributed by atoms with Gasteiger partial charge in [0.05, 0.1) is 12.6 Å². The molecule has 4 heterocycles. The van der Waals surface area contributed by atoms with Gasteiger partial charge in [-0.2, -0.15) is 4.98 Å². The van der Waals surface area contributed by atoms with E-state index in [1.54, 1.807) is 30.5 Å². The van der Waals surface area contributed by atoms with Crippen LogP contribution in [0.25, 0.3) is 22.6 Å². The summed E-state index contributed by atoms with van der Waals surface area (Å²) in [6.07, 6.45) is 3.09. The highest BCUT2D eigenvalue weighted by Crippen LogP contribution is 2.24. The maximum atomic E-state index is 14.1. The Hall–Kier alpha value is -4.41. The second kappa shape index (κ2) is 11.0. The number of carboxylic acid groups (broad SMARTS) is 1. The third-order valence-electron chi connectivity index (χ3n) is 6.67. The number of aromatic carboxylic acids is 1. The van der Waals surface area contributed by atoms with Gasteiger partial charge in [0.1, 0.15) is 23.8 Å². The fraction of sp³-hybridized carbons (Fsp3) is 0.207. The van der Waals surface area contributed by atoms with Crippen molar-refractivity contribution in [2.75, 3.05) is 6.61 Å². The molecule has 0 aliphatic carbocycles. The van der Waals surface area contributed by atoms with Gasteiger partial charge in [-0.1, -0.05) is 41.9 Å². The largest absolute Gasteiger partial charge is 0.477 e.